The van der Waals surface area contributed by atoms with Gasteiger partial charge in [0.05, 0.1) is 22.7 Å². The average Bonchev–Trinajstić information content (AvgIpc) is 2.39. The molecule has 3 nitrogen and oxygen atoms in total. The van der Waals surface area contributed by atoms with Crippen molar-refractivity contribution in [1.82, 2.24) is 4.98 Å². The molecule has 0 aliphatic heterocycles. The molecule has 0 bridgehead atoms. The van der Waals surface area contributed by atoms with E-state index in [1.54, 1.807) is 24.5 Å². The van der Waals surface area contributed by atoms with Gasteiger partial charge < -0.3 is 5.32 Å². The predicted molar refractivity (Wildman–Crippen MR) is 75.0 cm³/mol. The number of amides is 1. The third-order valence-electron chi connectivity index (χ3n) is 2.14. The van der Waals surface area contributed by atoms with Crippen LogP contribution in [-0.2, 0) is 4.79 Å². The Kier molecular flexibility index (Phi) is 4.61. The maximum absolute atomic E-state index is 11.7. The molecule has 0 aliphatic rings. The number of nitrogens with one attached hydrogen (secondary N) is 1. The van der Waals surface area contributed by atoms with Crippen LogP contribution < -0.4 is 5.32 Å². The predicted octanol–water partition coefficient (Wildman–Crippen LogP) is 3.47. The Bertz CT molecular complexity index is 534. The maximum atomic E-state index is 11.7. The number of anilines is 1. The second kappa shape index (κ2) is 6.42. The summed E-state index contributed by atoms with van der Waals surface area (Å²) in [6.07, 6.45) is 3.27. The lowest BCUT2D eigenvalue weighted by Gasteiger charge is -2.05. The van der Waals surface area contributed by atoms with E-state index in [2.05, 4.69) is 10.3 Å². The van der Waals surface area contributed by atoms with E-state index in [1.165, 1.54) is 11.8 Å². The summed E-state index contributed by atoms with van der Waals surface area (Å²) < 4.78 is 0. The third-order valence-corrected chi connectivity index (χ3v) is 3.66. The molecule has 0 fully saturated rings. The van der Waals surface area contributed by atoms with Gasteiger partial charge in [0, 0.05) is 11.1 Å². The molecule has 0 atom stereocenters. The minimum atomic E-state index is -0.0760. The quantitative estimate of drug-likeness (QED) is 0.871. The van der Waals surface area contributed by atoms with Crippen molar-refractivity contribution in [2.24, 2.45) is 0 Å². The lowest BCUT2D eigenvalue weighted by atomic mass is 10.4. The topological polar surface area (TPSA) is 42.0 Å². The smallest absolute Gasteiger partial charge is 0.234 e. The Hall–Kier alpha value is -1.52. The molecule has 0 radical (unpaired) electrons. The number of hydrogen-bond donors (Lipinski definition) is 1. The summed E-state index contributed by atoms with van der Waals surface area (Å²) in [6, 6.07) is 11.0. The first-order valence-corrected chi connectivity index (χ1v) is 6.69. The number of carbonyl (C=O) groups excluding carboxylic acids is 1. The van der Waals surface area contributed by atoms with Crippen LogP contribution in [0.1, 0.15) is 0 Å². The van der Waals surface area contributed by atoms with Crippen LogP contribution in [0.2, 0.25) is 5.02 Å². The van der Waals surface area contributed by atoms with Crippen LogP contribution in [-0.4, -0.2) is 16.6 Å². The van der Waals surface area contributed by atoms with E-state index in [0.29, 0.717) is 16.5 Å². The molecule has 1 aromatic heterocycles. The summed E-state index contributed by atoms with van der Waals surface area (Å²) in [6.45, 7) is 0. The second-order valence-electron chi connectivity index (χ2n) is 3.51. The van der Waals surface area contributed by atoms with Gasteiger partial charge in [-0.1, -0.05) is 23.7 Å². The molecule has 18 heavy (non-hydrogen) atoms. The molecule has 0 spiro atoms. The summed E-state index contributed by atoms with van der Waals surface area (Å²) in [5.74, 6) is 0.242. The molecule has 92 valence electrons. The highest BCUT2D eigenvalue weighted by atomic mass is 35.5. The van der Waals surface area contributed by atoms with Crippen LogP contribution in [0.15, 0.2) is 53.7 Å². The summed E-state index contributed by atoms with van der Waals surface area (Å²) in [5.41, 5.74) is 0.697. The van der Waals surface area contributed by atoms with Crippen LogP contribution in [0.5, 0.6) is 0 Å². The van der Waals surface area contributed by atoms with Gasteiger partial charge in [-0.2, -0.15) is 0 Å². The molecule has 1 amide bonds. The zero-order chi connectivity index (χ0) is 12.8. The first kappa shape index (κ1) is 12.9. The lowest BCUT2D eigenvalue weighted by molar-refractivity contribution is -0.113. The third kappa shape index (κ3) is 3.75. The number of carbonyl (C=O) groups is 1. The highest BCUT2D eigenvalue weighted by Crippen LogP contribution is 2.26. The van der Waals surface area contributed by atoms with E-state index >= 15 is 0 Å². The Morgan fingerprint density at radius 1 is 1.28 bits per heavy atom. The van der Waals surface area contributed by atoms with Crippen molar-refractivity contribution in [3.05, 3.63) is 53.8 Å². The normalized spacial score (nSPS) is 10.1. The Labute approximate surface area is 115 Å². The molecule has 1 aromatic carbocycles. The van der Waals surface area contributed by atoms with Gasteiger partial charge in [-0.3, -0.25) is 9.78 Å². The van der Waals surface area contributed by atoms with Gasteiger partial charge in [0.25, 0.3) is 0 Å². The van der Waals surface area contributed by atoms with E-state index in [0.717, 1.165) is 4.90 Å². The lowest BCUT2D eigenvalue weighted by Crippen LogP contribution is -2.13. The standard InChI is InChI=1S/C13H11ClN2OS/c14-11-5-1-2-6-12(11)18-9-13(17)16-10-4-3-7-15-8-10/h1-8H,9H2,(H,16,17). The highest BCUT2D eigenvalue weighted by molar-refractivity contribution is 8.00. The number of halogens is 1. The van der Waals surface area contributed by atoms with Crippen LogP contribution in [0, 0.1) is 0 Å². The summed E-state index contributed by atoms with van der Waals surface area (Å²) >= 11 is 7.42. The van der Waals surface area contributed by atoms with Crippen LogP contribution in [0.3, 0.4) is 0 Å². The van der Waals surface area contributed by atoms with E-state index < -0.39 is 0 Å². The van der Waals surface area contributed by atoms with Gasteiger partial charge in [0.15, 0.2) is 0 Å². The first-order valence-electron chi connectivity index (χ1n) is 5.33. The molecule has 1 heterocycles. The molecule has 0 saturated carbocycles. The van der Waals surface area contributed by atoms with Crippen LogP contribution in [0.4, 0.5) is 5.69 Å². The number of thioether (sulfide) groups is 1. The second-order valence-corrected chi connectivity index (χ2v) is 4.93. The number of aromatic nitrogens is 1. The van der Waals surface area contributed by atoms with Gasteiger partial charge in [-0.05, 0) is 24.3 Å². The molecule has 1 N–H and O–H groups in total. The molecule has 0 unspecified atom stereocenters. The van der Waals surface area contributed by atoms with E-state index in [1.807, 2.05) is 24.3 Å². The Morgan fingerprint density at radius 2 is 2.11 bits per heavy atom. The number of benzene rings is 1. The fourth-order valence-electron chi connectivity index (χ4n) is 1.34. The fourth-order valence-corrected chi connectivity index (χ4v) is 2.38. The molecular weight excluding hydrogens is 268 g/mol. The maximum Gasteiger partial charge on any atom is 0.234 e. The fraction of sp³-hybridized carbons (Fsp3) is 0.0769. The van der Waals surface area contributed by atoms with Gasteiger partial charge in [-0.25, -0.2) is 0 Å². The minimum absolute atomic E-state index is 0.0760. The van der Waals surface area contributed by atoms with Gasteiger partial charge >= 0.3 is 0 Å². The molecule has 2 rings (SSSR count). The van der Waals surface area contributed by atoms with Crippen molar-refractivity contribution in [2.45, 2.75) is 4.90 Å². The molecular formula is C13H11ClN2OS. The van der Waals surface area contributed by atoms with Crippen molar-refractivity contribution in [2.75, 3.05) is 11.1 Å². The van der Waals surface area contributed by atoms with E-state index in [-0.39, 0.29) is 5.91 Å². The first-order chi connectivity index (χ1) is 8.75. The summed E-state index contributed by atoms with van der Waals surface area (Å²) in [5, 5.41) is 3.43. The highest BCUT2D eigenvalue weighted by Gasteiger charge is 2.05. The number of pyridine rings is 1. The van der Waals surface area contributed by atoms with Crippen LogP contribution >= 0.6 is 23.4 Å². The zero-order valence-corrected chi connectivity index (χ0v) is 11.0. The number of hydrogen-bond acceptors (Lipinski definition) is 3. The van der Waals surface area contributed by atoms with Crippen molar-refractivity contribution < 1.29 is 4.79 Å². The zero-order valence-electron chi connectivity index (χ0n) is 9.47. The van der Waals surface area contributed by atoms with E-state index in [9.17, 15) is 4.79 Å². The Morgan fingerprint density at radius 3 is 2.83 bits per heavy atom. The Balaban J connectivity index is 1.88. The molecule has 0 saturated heterocycles. The molecule has 5 heteroatoms. The van der Waals surface area contributed by atoms with Crippen molar-refractivity contribution in [3.63, 3.8) is 0 Å². The minimum Gasteiger partial charge on any atom is -0.324 e. The largest absolute Gasteiger partial charge is 0.324 e. The monoisotopic (exact) mass is 278 g/mol. The van der Waals surface area contributed by atoms with Crippen LogP contribution in [0.25, 0.3) is 0 Å². The number of nitrogens with zero attached hydrogens (tertiary/aromatic N) is 1. The van der Waals surface area contributed by atoms with E-state index in [4.69, 9.17) is 11.6 Å². The summed E-state index contributed by atoms with van der Waals surface area (Å²) in [4.78, 5) is 16.5. The van der Waals surface area contributed by atoms with Gasteiger partial charge in [0.2, 0.25) is 5.91 Å². The molecule has 2 aromatic rings. The molecule has 0 aliphatic carbocycles. The number of rotatable bonds is 4. The van der Waals surface area contributed by atoms with Gasteiger partial charge in [-0.15, -0.1) is 11.8 Å². The van der Waals surface area contributed by atoms with Gasteiger partial charge in [0.1, 0.15) is 0 Å². The van der Waals surface area contributed by atoms with Crippen molar-refractivity contribution >= 4 is 35.0 Å². The summed E-state index contributed by atoms with van der Waals surface area (Å²) in [7, 11) is 0. The SMILES string of the molecule is O=C(CSc1ccccc1Cl)Nc1cccnc1. The average molecular weight is 279 g/mol. The van der Waals surface area contributed by atoms with Crippen molar-refractivity contribution in [3.8, 4) is 0 Å². The van der Waals surface area contributed by atoms with Crippen molar-refractivity contribution in [1.29, 1.82) is 0 Å².